The van der Waals surface area contributed by atoms with E-state index in [1.807, 2.05) is 0 Å². The largest absolute Gasteiger partial charge is 0.497 e. The number of carboxylic acid groups (broad SMARTS) is 1. The van der Waals surface area contributed by atoms with E-state index in [0.29, 0.717) is 25.7 Å². The molecule has 2 aliphatic carbocycles. The van der Waals surface area contributed by atoms with Gasteiger partial charge in [-0.1, -0.05) is 36.0 Å². The van der Waals surface area contributed by atoms with Crippen molar-refractivity contribution in [3.8, 4) is 5.75 Å². The molecule has 2 saturated carbocycles. The summed E-state index contributed by atoms with van der Waals surface area (Å²) in [7, 11) is 1.37. The third-order valence-corrected chi connectivity index (χ3v) is 8.64. The fraction of sp³-hybridized carbons (Fsp3) is 0.571. The van der Waals surface area contributed by atoms with Crippen LogP contribution in [0.2, 0.25) is 10.0 Å². The Morgan fingerprint density at radius 3 is 2.24 bits per heavy atom. The summed E-state index contributed by atoms with van der Waals surface area (Å²) in [6.07, 6.45) is -1.69. The average Bonchev–Trinajstić information content (AvgIpc) is 3.54. The van der Waals surface area contributed by atoms with E-state index in [9.17, 15) is 27.6 Å². The van der Waals surface area contributed by atoms with Crippen LogP contribution in [0.5, 0.6) is 5.75 Å². The number of rotatable bonds is 10. The van der Waals surface area contributed by atoms with E-state index in [4.69, 9.17) is 33.0 Å². The van der Waals surface area contributed by atoms with Gasteiger partial charge in [0.05, 0.1) is 53.6 Å². The molecule has 0 radical (unpaired) electrons. The van der Waals surface area contributed by atoms with E-state index < -0.39 is 59.9 Å². The highest BCUT2D eigenvalue weighted by Gasteiger charge is 2.45. The SMILES string of the molecule is COc1cc(Cl)c(C(=O)CN(CC2(F)CCCC2)C(=O)c2cnn(C3CCC(CC(=O)O)CC3)c2C(F)(F)F)c(Cl)c1. The maximum absolute atomic E-state index is 15.6. The molecule has 0 unspecified atom stereocenters. The number of ketones is 1. The molecular weight excluding hydrogens is 605 g/mol. The Hall–Kier alpha value is -2.86. The molecule has 8 nitrogen and oxygen atoms in total. The number of hydrogen-bond acceptors (Lipinski definition) is 5. The summed E-state index contributed by atoms with van der Waals surface area (Å²) in [6, 6.07) is 1.96. The molecule has 1 heterocycles. The van der Waals surface area contributed by atoms with Gasteiger partial charge in [0.2, 0.25) is 0 Å². The molecule has 42 heavy (non-hydrogen) atoms. The second-order valence-electron chi connectivity index (χ2n) is 11.0. The summed E-state index contributed by atoms with van der Waals surface area (Å²) in [5.41, 5.74) is -4.12. The summed E-state index contributed by atoms with van der Waals surface area (Å²) in [5.74, 6) is -2.83. The van der Waals surface area contributed by atoms with Crippen molar-refractivity contribution in [2.45, 2.75) is 75.7 Å². The monoisotopic (exact) mass is 635 g/mol. The predicted molar refractivity (Wildman–Crippen MR) is 146 cm³/mol. The average molecular weight is 636 g/mol. The van der Waals surface area contributed by atoms with Gasteiger partial charge in [-0.2, -0.15) is 18.3 Å². The number of alkyl halides is 4. The van der Waals surface area contributed by atoms with Crippen LogP contribution in [-0.2, 0) is 11.0 Å². The molecule has 0 aliphatic heterocycles. The van der Waals surface area contributed by atoms with Gasteiger partial charge in [-0.15, -0.1) is 0 Å². The highest BCUT2D eigenvalue weighted by atomic mass is 35.5. The van der Waals surface area contributed by atoms with Gasteiger partial charge in [-0.3, -0.25) is 19.1 Å². The molecule has 0 spiro atoms. The number of amides is 1. The molecular formula is C28H31Cl2F4N3O5. The standard InChI is InChI=1S/C28H31Cl2F4N3O5/c1-42-18-11-20(29)24(21(30)12-18)22(38)14-36(15-27(31)8-2-3-9-27)26(41)19-13-35-37(25(19)28(32,33)34)17-6-4-16(5-7-17)10-23(39)40/h11-13,16-17H,2-10,14-15H2,1H3,(H,39,40). The number of ether oxygens (including phenoxy) is 1. The molecule has 2 aliphatic rings. The summed E-state index contributed by atoms with van der Waals surface area (Å²) in [5, 5.41) is 12.8. The Morgan fingerprint density at radius 2 is 1.71 bits per heavy atom. The molecule has 0 bridgehead atoms. The van der Waals surface area contributed by atoms with E-state index in [0.717, 1.165) is 15.8 Å². The van der Waals surface area contributed by atoms with Crippen LogP contribution in [0.3, 0.4) is 0 Å². The Balaban J connectivity index is 1.66. The Labute approximate surface area is 249 Å². The van der Waals surface area contributed by atoms with Crippen molar-refractivity contribution in [1.82, 2.24) is 14.7 Å². The van der Waals surface area contributed by atoms with Gasteiger partial charge < -0.3 is 14.7 Å². The summed E-state index contributed by atoms with van der Waals surface area (Å²) in [6.45, 7) is -1.36. The minimum absolute atomic E-state index is 0.0715. The first-order valence-corrected chi connectivity index (χ1v) is 14.4. The first kappa shape index (κ1) is 32.1. The smallest absolute Gasteiger partial charge is 0.433 e. The number of benzene rings is 1. The first-order chi connectivity index (χ1) is 19.7. The molecule has 2 aromatic rings. The molecule has 0 atom stereocenters. The lowest BCUT2D eigenvalue weighted by atomic mass is 9.84. The maximum Gasteiger partial charge on any atom is 0.433 e. The molecule has 2 fully saturated rings. The third-order valence-electron chi connectivity index (χ3n) is 8.05. The second-order valence-corrected chi connectivity index (χ2v) is 11.8. The van der Waals surface area contributed by atoms with Gasteiger partial charge in [0.1, 0.15) is 11.4 Å². The van der Waals surface area contributed by atoms with Crippen molar-refractivity contribution < 1.29 is 41.8 Å². The van der Waals surface area contributed by atoms with Gasteiger partial charge in [0.15, 0.2) is 11.5 Å². The zero-order chi connectivity index (χ0) is 30.8. The van der Waals surface area contributed by atoms with Crippen molar-refractivity contribution in [3.63, 3.8) is 0 Å². The summed E-state index contributed by atoms with van der Waals surface area (Å²) >= 11 is 12.5. The van der Waals surface area contributed by atoms with E-state index in [1.54, 1.807) is 0 Å². The molecule has 1 N–H and O–H groups in total. The fourth-order valence-electron chi connectivity index (χ4n) is 5.98. The molecule has 14 heteroatoms. The van der Waals surface area contributed by atoms with E-state index >= 15 is 4.39 Å². The van der Waals surface area contributed by atoms with Gasteiger partial charge in [0.25, 0.3) is 5.91 Å². The number of carboxylic acids is 1. The number of carbonyl (C=O) groups excluding carboxylic acids is 2. The summed E-state index contributed by atoms with van der Waals surface area (Å²) in [4.78, 5) is 38.9. The Kier molecular flexibility index (Phi) is 9.76. The van der Waals surface area contributed by atoms with Crippen LogP contribution >= 0.6 is 23.2 Å². The number of aromatic nitrogens is 2. The van der Waals surface area contributed by atoms with Gasteiger partial charge in [-0.25, -0.2) is 4.39 Å². The lowest BCUT2D eigenvalue weighted by Gasteiger charge is -2.31. The highest BCUT2D eigenvalue weighted by molar-refractivity contribution is 6.40. The molecule has 1 amide bonds. The Morgan fingerprint density at radius 1 is 1.12 bits per heavy atom. The minimum Gasteiger partial charge on any atom is -0.497 e. The summed E-state index contributed by atoms with van der Waals surface area (Å²) < 4.78 is 64.9. The Bertz CT molecular complexity index is 1310. The quantitative estimate of drug-likeness (QED) is 0.222. The number of methoxy groups -OCH3 is 1. The minimum atomic E-state index is -4.99. The van der Waals surface area contributed by atoms with Crippen LogP contribution in [0, 0.1) is 5.92 Å². The van der Waals surface area contributed by atoms with Crippen LogP contribution in [0.4, 0.5) is 17.6 Å². The van der Waals surface area contributed by atoms with Crippen molar-refractivity contribution in [2.24, 2.45) is 5.92 Å². The lowest BCUT2D eigenvalue weighted by Crippen LogP contribution is -2.45. The number of halogens is 6. The number of hydrogen-bond donors (Lipinski definition) is 1. The topological polar surface area (TPSA) is 102 Å². The van der Waals surface area contributed by atoms with Crippen molar-refractivity contribution >= 4 is 40.9 Å². The predicted octanol–water partition coefficient (Wildman–Crippen LogP) is 7.03. The van der Waals surface area contributed by atoms with Crippen LogP contribution in [0.1, 0.15) is 90.2 Å². The molecule has 1 aromatic heterocycles. The van der Waals surface area contributed by atoms with Gasteiger partial charge >= 0.3 is 12.1 Å². The molecule has 230 valence electrons. The van der Waals surface area contributed by atoms with Crippen LogP contribution in [-0.4, -0.2) is 63.3 Å². The van der Waals surface area contributed by atoms with E-state index in [1.165, 1.54) is 19.2 Å². The number of Topliss-reactive ketones (excluding diaryl/α,β-unsaturated/α-hetero) is 1. The van der Waals surface area contributed by atoms with Crippen molar-refractivity contribution in [1.29, 1.82) is 0 Å². The van der Waals surface area contributed by atoms with Crippen molar-refractivity contribution in [3.05, 3.63) is 45.2 Å². The van der Waals surface area contributed by atoms with Crippen LogP contribution < -0.4 is 4.74 Å². The first-order valence-electron chi connectivity index (χ1n) is 13.6. The van der Waals surface area contributed by atoms with Crippen molar-refractivity contribution in [2.75, 3.05) is 20.2 Å². The molecule has 1 aromatic carbocycles. The zero-order valence-corrected chi connectivity index (χ0v) is 24.4. The molecule has 4 rings (SSSR count). The second kappa shape index (κ2) is 12.8. The maximum atomic E-state index is 15.6. The number of aliphatic carboxylic acids is 1. The van der Waals surface area contributed by atoms with Crippen LogP contribution in [0.25, 0.3) is 0 Å². The zero-order valence-electron chi connectivity index (χ0n) is 22.9. The normalized spacial score (nSPS) is 20.4. The number of nitrogens with zero attached hydrogens (tertiary/aromatic N) is 3. The number of carbonyl (C=O) groups is 3. The van der Waals surface area contributed by atoms with E-state index in [2.05, 4.69) is 5.10 Å². The van der Waals surface area contributed by atoms with E-state index in [-0.39, 0.29) is 59.4 Å². The third kappa shape index (κ3) is 7.19. The van der Waals surface area contributed by atoms with Crippen LogP contribution in [0.15, 0.2) is 18.3 Å². The molecule has 0 saturated heterocycles. The van der Waals surface area contributed by atoms with Gasteiger partial charge in [0, 0.05) is 6.42 Å². The van der Waals surface area contributed by atoms with Gasteiger partial charge in [-0.05, 0) is 56.6 Å². The lowest BCUT2D eigenvalue weighted by molar-refractivity contribution is -0.145. The highest BCUT2D eigenvalue weighted by Crippen LogP contribution is 2.41. The fourth-order valence-corrected chi connectivity index (χ4v) is 6.66.